The number of ether oxygens (including phenoxy) is 3. The minimum atomic E-state index is -0.363. The molecule has 2 aromatic rings. The van der Waals surface area contributed by atoms with E-state index in [2.05, 4.69) is 20.7 Å². The zero-order valence-electron chi connectivity index (χ0n) is 12.7. The van der Waals surface area contributed by atoms with Crippen LogP contribution >= 0.6 is 15.9 Å². The van der Waals surface area contributed by atoms with Gasteiger partial charge < -0.3 is 14.2 Å². The second-order valence-electron chi connectivity index (χ2n) is 4.72. The van der Waals surface area contributed by atoms with Gasteiger partial charge in [0.2, 0.25) is 0 Å². The van der Waals surface area contributed by atoms with Crippen molar-refractivity contribution < 1.29 is 19.0 Å². The van der Waals surface area contributed by atoms with Gasteiger partial charge >= 0.3 is 5.97 Å². The van der Waals surface area contributed by atoms with Crippen LogP contribution in [0.2, 0.25) is 0 Å². The molecule has 4 nitrogen and oxygen atoms in total. The summed E-state index contributed by atoms with van der Waals surface area (Å²) in [4.78, 5) is 11.4. The van der Waals surface area contributed by atoms with Crippen molar-refractivity contribution in [3.63, 3.8) is 0 Å². The van der Waals surface area contributed by atoms with Crippen molar-refractivity contribution in [2.45, 2.75) is 13.5 Å². The number of benzene rings is 2. The van der Waals surface area contributed by atoms with Gasteiger partial charge in [-0.3, -0.25) is 0 Å². The summed E-state index contributed by atoms with van der Waals surface area (Å²) in [6.07, 6.45) is 0. The average molecular weight is 365 g/mol. The van der Waals surface area contributed by atoms with E-state index in [0.717, 1.165) is 21.3 Å². The van der Waals surface area contributed by atoms with Gasteiger partial charge in [-0.25, -0.2) is 4.79 Å². The Hall–Kier alpha value is -2.01. The first-order valence-electron chi connectivity index (χ1n) is 6.69. The minimum Gasteiger partial charge on any atom is -0.497 e. The Kier molecular flexibility index (Phi) is 5.44. The molecule has 0 atom stereocenters. The summed E-state index contributed by atoms with van der Waals surface area (Å²) in [6, 6.07) is 10.7. The molecule has 0 radical (unpaired) electrons. The second-order valence-corrected chi connectivity index (χ2v) is 5.52. The molecule has 0 fully saturated rings. The molecule has 2 rings (SSSR count). The van der Waals surface area contributed by atoms with Crippen LogP contribution in [0, 0.1) is 6.92 Å². The smallest absolute Gasteiger partial charge is 0.337 e. The van der Waals surface area contributed by atoms with Crippen LogP contribution in [0.5, 0.6) is 11.5 Å². The zero-order chi connectivity index (χ0) is 16.1. The predicted octanol–water partition coefficient (Wildman–Crippen LogP) is 4.13. The lowest BCUT2D eigenvalue weighted by atomic mass is 10.1. The molecular weight excluding hydrogens is 348 g/mol. The topological polar surface area (TPSA) is 44.8 Å². The fourth-order valence-electron chi connectivity index (χ4n) is 2.00. The Labute approximate surface area is 138 Å². The number of carbonyl (C=O) groups excluding carboxylic acids is 1. The Morgan fingerprint density at radius 3 is 2.36 bits per heavy atom. The SMILES string of the molecule is COC(=O)c1ccc(OCc2cc(OC)cc(C)c2Br)cc1. The lowest BCUT2D eigenvalue weighted by Gasteiger charge is -2.12. The molecular formula is C17H17BrO4. The lowest BCUT2D eigenvalue weighted by molar-refractivity contribution is 0.0600. The first kappa shape index (κ1) is 16.4. The van der Waals surface area contributed by atoms with Crippen molar-refractivity contribution in [1.29, 1.82) is 0 Å². The molecule has 116 valence electrons. The summed E-state index contributed by atoms with van der Waals surface area (Å²) in [7, 11) is 2.99. The molecule has 22 heavy (non-hydrogen) atoms. The molecule has 5 heteroatoms. The monoisotopic (exact) mass is 364 g/mol. The van der Waals surface area contributed by atoms with Crippen LogP contribution in [-0.2, 0) is 11.3 Å². The van der Waals surface area contributed by atoms with Crippen LogP contribution in [0.3, 0.4) is 0 Å². The molecule has 2 aromatic carbocycles. The van der Waals surface area contributed by atoms with Crippen LogP contribution in [0.1, 0.15) is 21.5 Å². The van der Waals surface area contributed by atoms with Gasteiger partial charge in [0.25, 0.3) is 0 Å². The number of carbonyl (C=O) groups is 1. The minimum absolute atomic E-state index is 0.363. The van der Waals surface area contributed by atoms with Gasteiger partial charge in [0, 0.05) is 10.0 Å². The van der Waals surface area contributed by atoms with Crippen molar-refractivity contribution in [2.24, 2.45) is 0 Å². The molecule has 0 spiro atoms. The van der Waals surface area contributed by atoms with E-state index >= 15 is 0 Å². The van der Waals surface area contributed by atoms with Gasteiger partial charge in [-0.1, -0.05) is 15.9 Å². The van der Waals surface area contributed by atoms with Gasteiger partial charge in [-0.05, 0) is 48.9 Å². The Morgan fingerprint density at radius 2 is 1.77 bits per heavy atom. The predicted molar refractivity (Wildman–Crippen MR) is 87.5 cm³/mol. The van der Waals surface area contributed by atoms with Gasteiger partial charge in [0.1, 0.15) is 18.1 Å². The third-order valence-corrected chi connectivity index (χ3v) is 4.34. The van der Waals surface area contributed by atoms with Crippen molar-refractivity contribution >= 4 is 21.9 Å². The van der Waals surface area contributed by atoms with Crippen LogP contribution < -0.4 is 9.47 Å². The number of halogens is 1. The molecule has 0 aromatic heterocycles. The summed E-state index contributed by atoms with van der Waals surface area (Å²) in [5, 5.41) is 0. The first-order chi connectivity index (χ1) is 10.5. The summed E-state index contributed by atoms with van der Waals surface area (Å²) >= 11 is 3.56. The maximum absolute atomic E-state index is 11.4. The van der Waals surface area contributed by atoms with E-state index in [9.17, 15) is 4.79 Å². The van der Waals surface area contributed by atoms with Crippen molar-refractivity contribution in [2.75, 3.05) is 14.2 Å². The fraction of sp³-hybridized carbons (Fsp3) is 0.235. The average Bonchev–Trinajstić information content (AvgIpc) is 2.55. The maximum Gasteiger partial charge on any atom is 0.337 e. The number of hydrogen-bond donors (Lipinski definition) is 0. The summed E-state index contributed by atoms with van der Waals surface area (Å²) < 4.78 is 16.7. The Morgan fingerprint density at radius 1 is 1.09 bits per heavy atom. The van der Waals surface area contributed by atoms with Crippen LogP contribution in [-0.4, -0.2) is 20.2 Å². The highest BCUT2D eigenvalue weighted by atomic mass is 79.9. The third-order valence-electron chi connectivity index (χ3n) is 3.21. The maximum atomic E-state index is 11.4. The molecule has 0 aliphatic rings. The number of hydrogen-bond acceptors (Lipinski definition) is 4. The van der Waals surface area contributed by atoms with E-state index in [1.54, 1.807) is 31.4 Å². The molecule has 0 aliphatic carbocycles. The van der Waals surface area contributed by atoms with Gasteiger partial charge in [-0.2, -0.15) is 0 Å². The largest absolute Gasteiger partial charge is 0.497 e. The standard InChI is InChI=1S/C17H17BrO4/c1-11-8-15(20-2)9-13(16(11)18)10-22-14-6-4-12(5-7-14)17(19)21-3/h4-9H,10H2,1-3H3. The van der Waals surface area contributed by atoms with E-state index < -0.39 is 0 Å². The zero-order valence-corrected chi connectivity index (χ0v) is 14.3. The third kappa shape index (κ3) is 3.80. The number of esters is 1. The summed E-state index contributed by atoms with van der Waals surface area (Å²) in [5.74, 6) is 1.11. The van der Waals surface area contributed by atoms with Crippen LogP contribution in [0.15, 0.2) is 40.9 Å². The highest BCUT2D eigenvalue weighted by molar-refractivity contribution is 9.10. The number of rotatable bonds is 5. The molecule has 0 amide bonds. The first-order valence-corrected chi connectivity index (χ1v) is 7.48. The highest BCUT2D eigenvalue weighted by Crippen LogP contribution is 2.28. The number of methoxy groups -OCH3 is 2. The van der Waals surface area contributed by atoms with E-state index in [1.807, 2.05) is 19.1 Å². The van der Waals surface area contributed by atoms with E-state index in [-0.39, 0.29) is 5.97 Å². The molecule has 0 heterocycles. The summed E-state index contributed by atoms with van der Waals surface area (Å²) in [6.45, 7) is 2.40. The van der Waals surface area contributed by atoms with Crippen molar-refractivity contribution in [3.8, 4) is 11.5 Å². The van der Waals surface area contributed by atoms with Gasteiger partial charge in [0.15, 0.2) is 0 Å². The number of aryl methyl sites for hydroxylation is 1. The van der Waals surface area contributed by atoms with Crippen molar-refractivity contribution in [3.05, 3.63) is 57.6 Å². The molecule has 0 unspecified atom stereocenters. The molecule has 0 saturated carbocycles. The second kappa shape index (κ2) is 7.31. The lowest BCUT2D eigenvalue weighted by Crippen LogP contribution is -2.02. The molecule has 0 bridgehead atoms. The quantitative estimate of drug-likeness (QED) is 0.748. The van der Waals surface area contributed by atoms with Crippen molar-refractivity contribution in [1.82, 2.24) is 0 Å². The molecule has 0 aliphatic heterocycles. The van der Waals surface area contributed by atoms with Gasteiger partial charge in [-0.15, -0.1) is 0 Å². The van der Waals surface area contributed by atoms with Gasteiger partial charge in [0.05, 0.1) is 19.8 Å². The van der Waals surface area contributed by atoms with Crippen LogP contribution in [0.4, 0.5) is 0 Å². The fourth-order valence-corrected chi connectivity index (χ4v) is 2.34. The Bertz CT molecular complexity index is 665. The normalized spacial score (nSPS) is 10.2. The molecule has 0 N–H and O–H groups in total. The highest BCUT2D eigenvalue weighted by Gasteiger charge is 2.08. The van der Waals surface area contributed by atoms with E-state index in [4.69, 9.17) is 9.47 Å². The van der Waals surface area contributed by atoms with E-state index in [1.165, 1.54) is 7.11 Å². The van der Waals surface area contributed by atoms with E-state index in [0.29, 0.717) is 17.9 Å². The van der Waals surface area contributed by atoms with Crippen LogP contribution in [0.25, 0.3) is 0 Å². The Balaban J connectivity index is 2.10. The summed E-state index contributed by atoms with van der Waals surface area (Å²) in [5.41, 5.74) is 2.57. The molecule has 0 saturated heterocycles.